The number of hydrogen-bond donors (Lipinski definition) is 2. The molecule has 0 atom stereocenters. The molecule has 0 unspecified atom stereocenters. The summed E-state index contributed by atoms with van der Waals surface area (Å²) in [5.41, 5.74) is 1.83. The van der Waals surface area contributed by atoms with Gasteiger partial charge in [-0.05, 0) is 68.5 Å². The van der Waals surface area contributed by atoms with Gasteiger partial charge in [-0.1, -0.05) is 18.5 Å². The Balaban J connectivity index is 1.86. The van der Waals surface area contributed by atoms with Crippen molar-refractivity contribution < 1.29 is 9.90 Å². The Morgan fingerprint density at radius 2 is 2.09 bits per heavy atom. The van der Waals surface area contributed by atoms with Crippen molar-refractivity contribution in [1.82, 2.24) is 4.90 Å². The maximum atomic E-state index is 12.2. The van der Waals surface area contributed by atoms with Crippen LogP contribution in [-0.2, 0) is 4.79 Å². The van der Waals surface area contributed by atoms with E-state index in [2.05, 4.69) is 17.1 Å². The largest absolute Gasteiger partial charge is 0.396 e. The minimum absolute atomic E-state index is 0.00146. The number of anilines is 1. The average molecular weight is 325 g/mol. The summed E-state index contributed by atoms with van der Waals surface area (Å²) < 4.78 is 0. The van der Waals surface area contributed by atoms with Crippen LogP contribution in [0, 0.1) is 12.3 Å². The fourth-order valence-corrected chi connectivity index (χ4v) is 3.20. The Kier molecular flexibility index (Phi) is 5.84. The van der Waals surface area contributed by atoms with E-state index in [-0.39, 0.29) is 17.9 Å². The number of carbonyl (C=O) groups excluding carboxylic acids is 1. The lowest BCUT2D eigenvalue weighted by Crippen LogP contribution is -2.44. The van der Waals surface area contributed by atoms with Gasteiger partial charge in [0.1, 0.15) is 0 Å². The van der Waals surface area contributed by atoms with E-state index in [1.54, 1.807) is 6.07 Å². The van der Waals surface area contributed by atoms with E-state index < -0.39 is 0 Å². The number of piperidine rings is 1. The number of nitrogens with zero attached hydrogens (tertiary/aromatic N) is 1. The van der Waals surface area contributed by atoms with Crippen LogP contribution >= 0.6 is 11.6 Å². The number of aliphatic hydroxyl groups is 1. The molecule has 1 fully saturated rings. The lowest BCUT2D eigenvalue weighted by molar-refractivity contribution is -0.118. The molecule has 0 spiro atoms. The summed E-state index contributed by atoms with van der Waals surface area (Å²) in [5.74, 6) is -0.00146. The second-order valence-corrected chi connectivity index (χ2v) is 6.73. The summed E-state index contributed by atoms with van der Waals surface area (Å²) >= 11 is 5.92. The Hall–Kier alpha value is -1.10. The van der Waals surface area contributed by atoms with E-state index in [9.17, 15) is 9.90 Å². The van der Waals surface area contributed by atoms with Crippen molar-refractivity contribution >= 4 is 23.2 Å². The first kappa shape index (κ1) is 17.3. The molecule has 0 aliphatic carbocycles. The van der Waals surface area contributed by atoms with Gasteiger partial charge in [-0.3, -0.25) is 9.69 Å². The van der Waals surface area contributed by atoms with Gasteiger partial charge in [0.25, 0.3) is 0 Å². The Morgan fingerprint density at radius 1 is 1.41 bits per heavy atom. The predicted molar refractivity (Wildman–Crippen MR) is 90.3 cm³/mol. The fraction of sp³-hybridized carbons (Fsp3) is 0.588. The highest BCUT2D eigenvalue weighted by molar-refractivity contribution is 6.30. The highest BCUT2D eigenvalue weighted by Crippen LogP contribution is 2.34. The van der Waals surface area contributed by atoms with Crippen LogP contribution in [0.3, 0.4) is 0 Å². The number of carbonyl (C=O) groups is 1. The maximum Gasteiger partial charge on any atom is 0.238 e. The third kappa shape index (κ3) is 4.22. The molecule has 1 aromatic carbocycles. The molecule has 0 aromatic heterocycles. The van der Waals surface area contributed by atoms with E-state index in [0.29, 0.717) is 11.6 Å². The number of rotatable bonds is 5. The van der Waals surface area contributed by atoms with Crippen molar-refractivity contribution in [3.05, 3.63) is 28.8 Å². The van der Waals surface area contributed by atoms with E-state index in [1.807, 2.05) is 19.1 Å². The zero-order valence-corrected chi connectivity index (χ0v) is 14.1. The van der Waals surface area contributed by atoms with Crippen LogP contribution in [0.4, 0.5) is 5.69 Å². The minimum Gasteiger partial charge on any atom is -0.396 e. The van der Waals surface area contributed by atoms with Crippen LogP contribution in [-0.4, -0.2) is 42.2 Å². The van der Waals surface area contributed by atoms with E-state index in [4.69, 9.17) is 11.6 Å². The number of hydrogen-bond acceptors (Lipinski definition) is 3. The van der Waals surface area contributed by atoms with E-state index in [0.717, 1.165) is 43.6 Å². The zero-order chi connectivity index (χ0) is 16.2. The molecule has 0 radical (unpaired) electrons. The normalized spacial score (nSPS) is 18.2. The van der Waals surface area contributed by atoms with Crippen molar-refractivity contribution in [2.75, 3.05) is 31.6 Å². The molecule has 1 aliphatic rings. The van der Waals surface area contributed by atoms with Crippen LogP contribution in [0.25, 0.3) is 0 Å². The number of likely N-dealkylation sites (tertiary alicyclic amines) is 1. The summed E-state index contributed by atoms with van der Waals surface area (Å²) in [5, 5.41) is 13.2. The Morgan fingerprint density at radius 3 is 2.64 bits per heavy atom. The first-order chi connectivity index (χ1) is 10.5. The smallest absolute Gasteiger partial charge is 0.238 e. The lowest BCUT2D eigenvalue weighted by atomic mass is 9.77. The van der Waals surface area contributed by atoms with Gasteiger partial charge in [0.15, 0.2) is 0 Å². The van der Waals surface area contributed by atoms with Crippen molar-refractivity contribution in [2.24, 2.45) is 5.41 Å². The maximum absolute atomic E-state index is 12.2. The molecular formula is C17H25ClN2O2. The summed E-state index contributed by atoms with van der Waals surface area (Å²) in [6.07, 6.45) is 2.90. The highest BCUT2D eigenvalue weighted by Gasteiger charge is 2.32. The summed E-state index contributed by atoms with van der Waals surface area (Å²) in [6, 6.07) is 5.45. The molecule has 2 rings (SSSR count). The zero-order valence-electron chi connectivity index (χ0n) is 13.4. The molecular weight excluding hydrogens is 300 g/mol. The van der Waals surface area contributed by atoms with Gasteiger partial charge in [0.05, 0.1) is 6.54 Å². The lowest BCUT2D eigenvalue weighted by Gasteiger charge is -2.39. The van der Waals surface area contributed by atoms with Crippen LogP contribution < -0.4 is 5.32 Å². The molecule has 1 amide bonds. The third-order valence-electron chi connectivity index (χ3n) is 4.83. The van der Waals surface area contributed by atoms with Crippen molar-refractivity contribution in [2.45, 2.75) is 33.1 Å². The van der Waals surface area contributed by atoms with Gasteiger partial charge < -0.3 is 10.4 Å². The molecule has 1 saturated heterocycles. The van der Waals surface area contributed by atoms with Gasteiger partial charge in [-0.25, -0.2) is 0 Å². The van der Waals surface area contributed by atoms with E-state index in [1.165, 1.54) is 0 Å². The fourth-order valence-electron chi connectivity index (χ4n) is 2.97. The molecule has 1 aliphatic heterocycles. The molecule has 0 saturated carbocycles. The molecule has 4 nitrogen and oxygen atoms in total. The number of nitrogens with one attached hydrogen (secondary N) is 1. The quantitative estimate of drug-likeness (QED) is 0.875. The second kappa shape index (κ2) is 7.44. The number of halogens is 1. The van der Waals surface area contributed by atoms with Gasteiger partial charge in [0, 0.05) is 17.3 Å². The van der Waals surface area contributed by atoms with Gasteiger partial charge in [-0.2, -0.15) is 0 Å². The van der Waals surface area contributed by atoms with Gasteiger partial charge in [0.2, 0.25) is 5.91 Å². The van der Waals surface area contributed by atoms with Crippen LogP contribution in [0.1, 0.15) is 31.7 Å². The number of aryl methyl sites for hydroxylation is 1. The van der Waals surface area contributed by atoms with Crippen LogP contribution in [0.5, 0.6) is 0 Å². The summed E-state index contributed by atoms with van der Waals surface area (Å²) in [6.45, 7) is 6.42. The van der Waals surface area contributed by atoms with Gasteiger partial charge >= 0.3 is 0 Å². The topological polar surface area (TPSA) is 52.6 Å². The molecule has 122 valence electrons. The molecule has 2 N–H and O–H groups in total. The molecule has 5 heteroatoms. The van der Waals surface area contributed by atoms with Crippen molar-refractivity contribution in [3.63, 3.8) is 0 Å². The highest BCUT2D eigenvalue weighted by atomic mass is 35.5. The molecule has 1 heterocycles. The van der Waals surface area contributed by atoms with Crippen LogP contribution in [0.15, 0.2) is 18.2 Å². The standard InChI is InChI=1S/C17H25ClN2O2/c1-3-17(12-21)6-8-20(9-7-17)11-16(22)19-15-5-4-14(18)10-13(15)2/h4-5,10,21H,3,6-9,11-12H2,1-2H3,(H,19,22). The van der Waals surface area contributed by atoms with Crippen molar-refractivity contribution in [3.8, 4) is 0 Å². The van der Waals surface area contributed by atoms with Crippen molar-refractivity contribution in [1.29, 1.82) is 0 Å². The number of amides is 1. The number of benzene rings is 1. The Labute approximate surface area is 137 Å². The molecule has 0 bridgehead atoms. The van der Waals surface area contributed by atoms with Gasteiger partial charge in [-0.15, -0.1) is 0 Å². The SMILES string of the molecule is CCC1(CO)CCN(CC(=O)Nc2ccc(Cl)cc2C)CC1. The first-order valence-corrected chi connectivity index (χ1v) is 8.25. The summed E-state index contributed by atoms with van der Waals surface area (Å²) in [4.78, 5) is 14.3. The number of aliphatic hydroxyl groups excluding tert-OH is 1. The van der Waals surface area contributed by atoms with Crippen LogP contribution in [0.2, 0.25) is 5.02 Å². The summed E-state index contributed by atoms with van der Waals surface area (Å²) in [7, 11) is 0. The predicted octanol–water partition coefficient (Wildman–Crippen LogP) is 3.07. The molecule has 22 heavy (non-hydrogen) atoms. The Bertz CT molecular complexity index is 519. The second-order valence-electron chi connectivity index (χ2n) is 6.30. The third-order valence-corrected chi connectivity index (χ3v) is 5.07. The average Bonchev–Trinajstić information content (AvgIpc) is 2.51. The first-order valence-electron chi connectivity index (χ1n) is 7.87. The minimum atomic E-state index is -0.00146. The molecule has 1 aromatic rings. The van der Waals surface area contributed by atoms with E-state index >= 15 is 0 Å². The monoisotopic (exact) mass is 324 g/mol.